The van der Waals surface area contributed by atoms with Gasteiger partial charge in [-0.25, -0.2) is 4.99 Å². The van der Waals surface area contributed by atoms with Crippen molar-refractivity contribution >= 4 is 11.4 Å². The molecule has 0 aliphatic carbocycles. The van der Waals surface area contributed by atoms with Gasteiger partial charge in [-0.05, 0) is 20.0 Å². The number of halogens is 3. The van der Waals surface area contributed by atoms with Gasteiger partial charge in [-0.2, -0.15) is 13.2 Å². The minimum absolute atomic E-state index is 0.0626. The van der Waals surface area contributed by atoms with E-state index in [1.165, 1.54) is 25.1 Å². The number of allylic oxidation sites excluding steroid dienone is 1. The number of rotatable bonds is 4. The van der Waals surface area contributed by atoms with Crippen molar-refractivity contribution < 1.29 is 13.2 Å². The second-order valence-electron chi connectivity index (χ2n) is 3.35. The SMILES string of the molecule is C=CN(C)/C(N=C(C)C(F)(F)F)=C(\N)C(C)=N. The van der Waals surface area contributed by atoms with Crippen LogP contribution < -0.4 is 5.73 Å². The average molecular weight is 248 g/mol. The van der Waals surface area contributed by atoms with Gasteiger partial charge in [-0.1, -0.05) is 6.58 Å². The number of hydrogen-bond donors (Lipinski definition) is 2. The topological polar surface area (TPSA) is 65.5 Å². The van der Waals surface area contributed by atoms with E-state index in [0.29, 0.717) is 0 Å². The zero-order chi connectivity index (χ0) is 13.8. The fraction of sp³-hybridized carbons (Fsp3) is 0.400. The van der Waals surface area contributed by atoms with E-state index in [0.717, 1.165) is 6.92 Å². The Labute approximate surface area is 97.8 Å². The molecule has 0 rings (SSSR count). The molecule has 0 unspecified atom stereocenters. The molecule has 7 heteroatoms. The fourth-order valence-electron chi connectivity index (χ4n) is 0.805. The minimum atomic E-state index is -4.52. The maximum absolute atomic E-state index is 12.3. The molecule has 0 spiro atoms. The second kappa shape index (κ2) is 5.51. The minimum Gasteiger partial charge on any atom is -0.394 e. The molecule has 0 radical (unpaired) electrons. The highest BCUT2D eigenvalue weighted by molar-refractivity contribution is 5.96. The van der Waals surface area contributed by atoms with Crippen LogP contribution in [0.1, 0.15) is 13.8 Å². The standard InChI is InChI=1S/C10H15F3N4/c1-5-17(4)9(8(15)6(2)14)16-7(3)10(11,12)13/h5,14H,1,15H2,2-4H3/b9-8-,14-6?,16-7?. The molecule has 0 aromatic heterocycles. The van der Waals surface area contributed by atoms with Crippen molar-refractivity contribution in [2.24, 2.45) is 10.7 Å². The normalized spacial score (nSPS) is 14.1. The smallest absolute Gasteiger partial charge is 0.394 e. The molecular formula is C10H15F3N4. The van der Waals surface area contributed by atoms with E-state index in [1.54, 1.807) is 0 Å². The molecule has 0 heterocycles. The van der Waals surface area contributed by atoms with E-state index in [4.69, 9.17) is 11.1 Å². The number of nitrogens with one attached hydrogen (secondary N) is 1. The summed E-state index contributed by atoms with van der Waals surface area (Å²) in [6, 6.07) is 0. The molecule has 0 aliphatic rings. The van der Waals surface area contributed by atoms with Gasteiger partial charge in [-0.3, -0.25) is 0 Å². The maximum Gasteiger partial charge on any atom is 0.429 e. The molecule has 17 heavy (non-hydrogen) atoms. The first-order chi connectivity index (χ1) is 7.61. The van der Waals surface area contributed by atoms with E-state index in [2.05, 4.69) is 11.6 Å². The molecule has 0 bridgehead atoms. The first-order valence-electron chi connectivity index (χ1n) is 4.64. The van der Waals surface area contributed by atoms with E-state index in [9.17, 15) is 13.2 Å². The Morgan fingerprint density at radius 3 is 2.18 bits per heavy atom. The van der Waals surface area contributed by atoms with Crippen molar-refractivity contribution in [2.75, 3.05) is 7.05 Å². The van der Waals surface area contributed by atoms with Gasteiger partial charge >= 0.3 is 6.18 Å². The Kier molecular flexibility index (Phi) is 4.93. The molecule has 0 saturated carbocycles. The molecule has 4 nitrogen and oxygen atoms in total. The van der Waals surface area contributed by atoms with Crippen molar-refractivity contribution in [3.8, 4) is 0 Å². The molecule has 0 aromatic carbocycles. The molecule has 0 aliphatic heterocycles. The third-order valence-electron chi connectivity index (χ3n) is 1.94. The van der Waals surface area contributed by atoms with Crippen molar-refractivity contribution in [3.63, 3.8) is 0 Å². The zero-order valence-corrected chi connectivity index (χ0v) is 9.89. The van der Waals surface area contributed by atoms with E-state index in [1.807, 2.05) is 0 Å². The molecule has 0 saturated heterocycles. The first kappa shape index (κ1) is 15.2. The van der Waals surface area contributed by atoms with Crippen LogP contribution in [0.25, 0.3) is 0 Å². The molecule has 0 aromatic rings. The van der Waals surface area contributed by atoms with Crippen LogP contribution in [0, 0.1) is 5.41 Å². The molecule has 3 N–H and O–H groups in total. The number of nitrogens with zero attached hydrogens (tertiary/aromatic N) is 2. The number of hydrogen-bond acceptors (Lipinski definition) is 4. The summed E-state index contributed by atoms with van der Waals surface area (Å²) in [5.41, 5.74) is 4.29. The lowest BCUT2D eigenvalue weighted by Crippen LogP contribution is -2.24. The second-order valence-corrected chi connectivity index (χ2v) is 3.35. The zero-order valence-electron chi connectivity index (χ0n) is 9.89. The third kappa shape index (κ3) is 4.29. The monoisotopic (exact) mass is 248 g/mol. The van der Waals surface area contributed by atoms with Crippen molar-refractivity contribution in [1.29, 1.82) is 5.41 Å². The van der Waals surface area contributed by atoms with Crippen LogP contribution >= 0.6 is 0 Å². The predicted octanol–water partition coefficient (Wildman–Crippen LogP) is 2.25. The molecule has 0 atom stereocenters. The lowest BCUT2D eigenvalue weighted by Gasteiger charge is -2.18. The summed E-state index contributed by atoms with van der Waals surface area (Å²) in [7, 11) is 1.45. The lowest BCUT2D eigenvalue weighted by molar-refractivity contribution is -0.0593. The highest BCUT2D eigenvalue weighted by atomic mass is 19.4. The lowest BCUT2D eigenvalue weighted by atomic mass is 10.3. The maximum atomic E-state index is 12.3. The van der Waals surface area contributed by atoms with Crippen LogP contribution in [0.2, 0.25) is 0 Å². The van der Waals surface area contributed by atoms with Crippen LogP contribution in [0.15, 0.2) is 29.3 Å². The Hall–Kier alpha value is -1.79. The fourth-order valence-corrected chi connectivity index (χ4v) is 0.805. The van der Waals surface area contributed by atoms with Gasteiger partial charge in [0.05, 0.1) is 11.4 Å². The van der Waals surface area contributed by atoms with Gasteiger partial charge < -0.3 is 16.0 Å². The Morgan fingerprint density at radius 1 is 1.41 bits per heavy atom. The highest BCUT2D eigenvalue weighted by Gasteiger charge is 2.32. The van der Waals surface area contributed by atoms with Crippen molar-refractivity contribution in [3.05, 3.63) is 24.3 Å². The van der Waals surface area contributed by atoms with E-state index >= 15 is 0 Å². The Bertz CT molecular complexity index is 380. The Morgan fingerprint density at radius 2 is 1.88 bits per heavy atom. The van der Waals surface area contributed by atoms with Gasteiger partial charge in [0.2, 0.25) is 0 Å². The summed E-state index contributed by atoms with van der Waals surface area (Å²) < 4.78 is 37.0. The predicted molar refractivity (Wildman–Crippen MR) is 61.7 cm³/mol. The molecule has 0 fully saturated rings. The summed E-state index contributed by atoms with van der Waals surface area (Å²) in [6.07, 6.45) is -3.26. The first-order valence-corrected chi connectivity index (χ1v) is 4.64. The van der Waals surface area contributed by atoms with Gasteiger partial charge in [-0.15, -0.1) is 0 Å². The summed E-state index contributed by atoms with van der Waals surface area (Å²) in [4.78, 5) is 4.62. The van der Waals surface area contributed by atoms with Crippen LogP contribution in [0.4, 0.5) is 13.2 Å². The number of alkyl halides is 3. The van der Waals surface area contributed by atoms with E-state index < -0.39 is 11.9 Å². The third-order valence-corrected chi connectivity index (χ3v) is 1.94. The van der Waals surface area contributed by atoms with Crippen LogP contribution in [-0.2, 0) is 0 Å². The quantitative estimate of drug-likeness (QED) is 0.749. The molecule has 0 amide bonds. The highest BCUT2D eigenvalue weighted by Crippen LogP contribution is 2.20. The van der Waals surface area contributed by atoms with Gasteiger partial charge in [0, 0.05) is 7.05 Å². The molecule has 96 valence electrons. The number of nitrogens with two attached hydrogens (primary N) is 1. The van der Waals surface area contributed by atoms with Gasteiger partial charge in [0.25, 0.3) is 0 Å². The van der Waals surface area contributed by atoms with Crippen LogP contribution in [0.5, 0.6) is 0 Å². The summed E-state index contributed by atoms with van der Waals surface area (Å²) in [5.74, 6) is -0.151. The number of aliphatic imine (C=N–C) groups is 1. The van der Waals surface area contributed by atoms with E-state index in [-0.39, 0.29) is 17.2 Å². The largest absolute Gasteiger partial charge is 0.429 e. The van der Waals surface area contributed by atoms with Crippen molar-refractivity contribution in [2.45, 2.75) is 20.0 Å². The van der Waals surface area contributed by atoms with Crippen molar-refractivity contribution in [1.82, 2.24) is 4.90 Å². The summed E-state index contributed by atoms with van der Waals surface area (Å²) in [6.45, 7) is 5.61. The molecular weight excluding hydrogens is 233 g/mol. The Balaban J connectivity index is 5.62. The van der Waals surface area contributed by atoms with Gasteiger partial charge in [0.15, 0.2) is 5.82 Å². The average Bonchev–Trinajstić information content (AvgIpc) is 2.21. The van der Waals surface area contributed by atoms with Crippen LogP contribution in [-0.4, -0.2) is 29.5 Å². The van der Waals surface area contributed by atoms with Crippen LogP contribution in [0.3, 0.4) is 0 Å². The van der Waals surface area contributed by atoms with Gasteiger partial charge in [0.1, 0.15) is 5.71 Å². The summed E-state index contributed by atoms with van der Waals surface area (Å²) >= 11 is 0. The summed E-state index contributed by atoms with van der Waals surface area (Å²) in [5, 5.41) is 7.31.